The van der Waals surface area contributed by atoms with E-state index in [9.17, 15) is 14.5 Å². The fourth-order valence-corrected chi connectivity index (χ4v) is 2.82. The van der Waals surface area contributed by atoms with Gasteiger partial charge >= 0.3 is 12.0 Å². The lowest BCUT2D eigenvalue weighted by molar-refractivity contribution is 0.0240. The number of nitrogens with zero attached hydrogens (tertiary/aromatic N) is 5. The van der Waals surface area contributed by atoms with Gasteiger partial charge in [-0.25, -0.2) is 9.78 Å². The van der Waals surface area contributed by atoms with Crippen LogP contribution in [0.3, 0.4) is 0 Å². The summed E-state index contributed by atoms with van der Waals surface area (Å²) in [4.78, 5) is 46.0. The zero-order chi connectivity index (χ0) is 19.6. The number of piperazine rings is 1. The lowest BCUT2D eigenvalue weighted by atomic mass is 10.2. The molecule has 1 aliphatic heterocycles. The van der Waals surface area contributed by atoms with Gasteiger partial charge in [0.1, 0.15) is 5.60 Å². The Labute approximate surface area is 156 Å². The van der Waals surface area contributed by atoms with Crippen LogP contribution in [0.25, 0.3) is 11.0 Å². The van der Waals surface area contributed by atoms with Gasteiger partial charge in [-0.05, 0) is 39.0 Å². The number of hydrogen-bond donors (Lipinski definition) is 0. The summed E-state index contributed by atoms with van der Waals surface area (Å²) in [7, 11) is 0. The third kappa shape index (κ3) is 4.36. The standard InChI is InChI=1S/C18H21N5O4/c1-18(2,3)27-17(25)23-8-6-22(7-9-23)12-4-5-13-14(10-12)19-11-15(20-13)16(24)21-26/h4-5,10-11H,6-9H2,1-3H3. The second-order valence-electron chi connectivity index (χ2n) is 7.28. The molecule has 0 aliphatic carbocycles. The molecule has 1 aromatic heterocycles. The molecule has 1 saturated heterocycles. The number of ether oxygens (including phenoxy) is 1. The maximum atomic E-state index is 12.2. The number of rotatable bonds is 2. The number of amides is 2. The van der Waals surface area contributed by atoms with E-state index in [1.165, 1.54) is 6.20 Å². The summed E-state index contributed by atoms with van der Waals surface area (Å²) in [6.07, 6.45) is 0.948. The van der Waals surface area contributed by atoms with E-state index in [0.717, 1.165) is 5.69 Å². The summed E-state index contributed by atoms with van der Waals surface area (Å²) >= 11 is 0. The second-order valence-corrected chi connectivity index (χ2v) is 7.28. The Bertz CT molecular complexity index is 885. The van der Waals surface area contributed by atoms with Gasteiger partial charge in [0.05, 0.1) is 17.2 Å². The minimum Gasteiger partial charge on any atom is -0.444 e. The van der Waals surface area contributed by atoms with Crippen molar-refractivity contribution in [2.24, 2.45) is 5.18 Å². The maximum absolute atomic E-state index is 12.2. The van der Waals surface area contributed by atoms with Crippen molar-refractivity contribution in [3.8, 4) is 0 Å². The molecule has 142 valence electrons. The number of anilines is 1. The maximum Gasteiger partial charge on any atom is 0.410 e. The third-order valence-corrected chi connectivity index (χ3v) is 4.12. The molecule has 0 spiro atoms. The molecule has 0 unspecified atom stereocenters. The van der Waals surface area contributed by atoms with Crippen LogP contribution in [0.4, 0.5) is 10.5 Å². The highest BCUT2D eigenvalue weighted by Gasteiger charge is 2.26. The molecule has 9 nitrogen and oxygen atoms in total. The Kier molecular flexibility index (Phi) is 5.02. The zero-order valence-corrected chi connectivity index (χ0v) is 15.5. The van der Waals surface area contributed by atoms with E-state index in [2.05, 4.69) is 20.0 Å². The number of aromatic nitrogens is 2. The van der Waals surface area contributed by atoms with E-state index in [0.29, 0.717) is 37.2 Å². The van der Waals surface area contributed by atoms with E-state index in [-0.39, 0.29) is 11.8 Å². The van der Waals surface area contributed by atoms with E-state index in [1.807, 2.05) is 32.9 Å². The normalized spacial score (nSPS) is 14.9. The largest absolute Gasteiger partial charge is 0.444 e. The van der Waals surface area contributed by atoms with Crippen molar-refractivity contribution in [1.29, 1.82) is 0 Å². The monoisotopic (exact) mass is 371 g/mol. The van der Waals surface area contributed by atoms with Gasteiger partial charge in [0.2, 0.25) is 0 Å². The second kappa shape index (κ2) is 7.26. The molecule has 0 N–H and O–H groups in total. The molecule has 0 radical (unpaired) electrons. The van der Waals surface area contributed by atoms with Crippen LogP contribution in [-0.4, -0.2) is 58.6 Å². The molecule has 1 aromatic carbocycles. The summed E-state index contributed by atoms with van der Waals surface area (Å²) in [6, 6.07) is 5.50. The molecule has 0 bridgehead atoms. The van der Waals surface area contributed by atoms with Crippen molar-refractivity contribution in [1.82, 2.24) is 14.9 Å². The molecule has 2 amide bonds. The highest BCUT2D eigenvalue weighted by molar-refractivity contribution is 5.94. The predicted molar refractivity (Wildman–Crippen MR) is 99.7 cm³/mol. The number of hydrogen-bond acceptors (Lipinski definition) is 7. The van der Waals surface area contributed by atoms with Crippen LogP contribution >= 0.6 is 0 Å². The Balaban J connectivity index is 1.69. The molecule has 0 saturated carbocycles. The molecule has 27 heavy (non-hydrogen) atoms. The topological polar surface area (TPSA) is 105 Å². The molecule has 1 fully saturated rings. The van der Waals surface area contributed by atoms with E-state index < -0.39 is 11.5 Å². The number of benzene rings is 1. The Hall–Kier alpha value is -3.10. The van der Waals surface area contributed by atoms with Crippen molar-refractivity contribution >= 4 is 28.7 Å². The van der Waals surface area contributed by atoms with Gasteiger partial charge in [-0.3, -0.25) is 9.78 Å². The van der Waals surface area contributed by atoms with Crippen LogP contribution in [0, 0.1) is 4.91 Å². The van der Waals surface area contributed by atoms with Gasteiger partial charge in [-0.1, -0.05) is 0 Å². The van der Waals surface area contributed by atoms with Gasteiger partial charge < -0.3 is 14.5 Å². The molecular formula is C18H21N5O4. The molecule has 9 heteroatoms. The Morgan fingerprint density at radius 3 is 2.44 bits per heavy atom. The van der Waals surface area contributed by atoms with E-state index in [1.54, 1.807) is 11.0 Å². The van der Waals surface area contributed by atoms with Gasteiger partial charge in [0, 0.05) is 37.0 Å². The summed E-state index contributed by atoms with van der Waals surface area (Å²) < 4.78 is 5.41. The lowest BCUT2D eigenvalue weighted by Crippen LogP contribution is -2.50. The first-order valence-corrected chi connectivity index (χ1v) is 8.64. The van der Waals surface area contributed by atoms with Crippen LogP contribution < -0.4 is 4.90 Å². The van der Waals surface area contributed by atoms with Crippen molar-refractivity contribution in [3.05, 3.63) is 35.0 Å². The van der Waals surface area contributed by atoms with Crippen LogP contribution in [-0.2, 0) is 4.74 Å². The van der Waals surface area contributed by atoms with Crippen molar-refractivity contribution in [2.45, 2.75) is 26.4 Å². The first kappa shape index (κ1) is 18.7. The Morgan fingerprint density at radius 2 is 1.81 bits per heavy atom. The van der Waals surface area contributed by atoms with Crippen molar-refractivity contribution < 1.29 is 14.3 Å². The van der Waals surface area contributed by atoms with Crippen LogP contribution in [0.1, 0.15) is 31.3 Å². The van der Waals surface area contributed by atoms with Crippen LogP contribution in [0.5, 0.6) is 0 Å². The highest BCUT2D eigenvalue weighted by Crippen LogP contribution is 2.22. The summed E-state index contributed by atoms with van der Waals surface area (Å²) in [5.41, 5.74) is 1.50. The minimum absolute atomic E-state index is 0.0729. The quantitative estimate of drug-likeness (QED) is 0.747. The fraction of sp³-hybridized carbons (Fsp3) is 0.444. The Morgan fingerprint density at radius 1 is 1.11 bits per heavy atom. The number of nitroso groups, excluding NO2 is 1. The third-order valence-electron chi connectivity index (χ3n) is 4.12. The fourth-order valence-electron chi connectivity index (χ4n) is 2.82. The summed E-state index contributed by atoms with van der Waals surface area (Å²) in [5.74, 6) is -0.938. The summed E-state index contributed by atoms with van der Waals surface area (Å²) in [6.45, 7) is 8.02. The molecule has 1 aliphatic rings. The van der Waals surface area contributed by atoms with E-state index in [4.69, 9.17) is 4.74 Å². The SMILES string of the molecule is CC(C)(C)OC(=O)N1CCN(c2ccc3nc(C(=O)N=O)cnc3c2)CC1. The summed E-state index contributed by atoms with van der Waals surface area (Å²) in [5, 5.41) is 2.36. The molecule has 0 atom stereocenters. The first-order chi connectivity index (χ1) is 12.8. The average Bonchev–Trinajstić information content (AvgIpc) is 2.65. The number of carbonyl (C=O) groups is 2. The predicted octanol–water partition coefficient (Wildman–Crippen LogP) is 2.59. The zero-order valence-electron chi connectivity index (χ0n) is 15.5. The van der Waals surface area contributed by atoms with Crippen molar-refractivity contribution in [2.75, 3.05) is 31.1 Å². The number of fused-ring (bicyclic) bond motifs is 1. The van der Waals surface area contributed by atoms with Gasteiger partial charge in [-0.2, -0.15) is 0 Å². The number of carbonyl (C=O) groups excluding carboxylic acids is 2. The highest BCUT2D eigenvalue weighted by atomic mass is 16.6. The lowest BCUT2D eigenvalue weighted by Gasteiger charge is -2.36. The van der Waals surface area contributed by atoms with Gasteiger partial charge in [-0.15, -0.1) is 4.91 Å². The van der Waals surface area contributed by atoms with Gasteiger partial charge in [0.25, 0.3) is 0 Å². The molecular weight excluding hydrogens is 350 g/mol. The minimum atomic E-state index is -0.938. The molecule has 2 heterocycles. The van der Waals surface area contributed by atoms with Crippen molar-refractivity contribution in [3.63, 3.8) is 0 Å². The van der Waals surface area contributed by atoms with Gasteiger partial charge in [0.15, 0.2) is 5.69 Å². The first-order valence-electron chi connectivity index (χ1n) is 8.64. The molecule has 2 aromatic rings. The average molecular weight is 371 g/mol. The van der Waals surface area contributed by atoms with Crippen LogP contribution in [0.15, 0.2) is 29.6 Å². The van der Waals surface area contributed by atoms with E-state index >= 15 is 0 Å². The molecule has 3 rings (SSSR count). The smallest absolute Gasteiger partial charge is 0.410 e. The van der Waals surface area contributed by atoms with Crippen LogP contribution in [0.2, 0.25) is 0 Å².